The maximum absolute atomic E-state index is 11.4. The van der Waals surface area contributed by atoms with Gasteiger partial charge in [-0.05, 0) is 13.8 Å². The van der Waals surface area contributed by atoms with Gasteiger partial charge < -0.3 is 9.47 Å². The molecule has 8 heteroatoms. The standard InChI is InChI=1S/C16H20N2O6/c1-11(9-17-13(19)3-4-14(17)20)23-7-8-24-12(2)10-18-15(21)5-6-16(18)22/h3-6,11-12H,7-10H2,1-2H3. The summed E-state index contributed by atoms with van der Waals surface area (Å²) in [7, 11) is 0. The highest BCUT2D eigenvalue weighted by molar-refractivity contribution is 6.13. The number of nitrogens with zero attached hydrogens (tertiary/aromatic N) is 2. The van der Waals surface area contributed by atoms with E-state index in [4.69, 9.17) is 9.47 Å². The Morgan fingerprint density at radius 1 is 0.708 bits per heavy atom. The van der Waals surface area contributed by atoms with E-state index >= 15 is 0 Å². The van der Waals surface area contributed by atoms with E-state index in [0.717, 1.165) is 9.80 Å². The average molecular weight is 336 g/mol. The van der Waals surface area contributed by atoms with Crippen LogP contribution in [0.2, 0.25) is 0 Å². The largest absolute Gasteiger partial charge is 0.374 e. The van der Waals surface area contributed by atoms with Crippen LogP contribution in [0.1, 0.15) is 13.8 Å². The zero-order valence-electron chi connectivity index (χ0n) is 13.6. The van der Waals surface area contributed by atoms with Crippen LogP contribution in [0.15, 0.2) is 24.3 Å². The topological polar surface area (TPSA) is 93.2 Å². The monoisotopic (exact) mass is 336 g/mol. The Morgan fingerprint density at radius 3 is 1.29 bits per heavy atom. The van der Waals surface area contributed by atoms with E-state index in [1.165, 1.54) is 24.3 Å². The first kappa shape index (κ1) is 18.0. The van der Waals surface area contributed by atoms with Gasteiger partial charge in [-0.3, -0.25) is 29.0 Å². The summed E-state index contributed by atoms with van der Waals surface area (Å²) in [5.74, 6) is -1.36. The number of carbonyl (C=O) groups is 4. The molecule has 0 fully saturated rings. The number of ether oxygens (including phenoxy) is 2. The molecular weight excluding hydrogens is 316 g/mol. The van der Waals surface area contributed by atoms with Gasteiger partial charge in [-0.2, -0.15) is 0 Å². The minimum atomic E-state index is -0.339. The Labute approximate surface area is 139 Å². The van der Waals surface area contributed by atoms with Gasteiger partial charge in [0.2, 0.25) is 0 Å². The molecule has 24 heavy (non-hydrogen) atoms. The van der Waals surface area contributed by atoms with Crippen molar-refractivity contribution in [1.82, 2.24) is 9.80 Å². The maximum atomic E-state index is 11.4. The van der Waals surface area contributed by atoms with E-state index in [2.05, 4.69) is 0 Å². The summed E-state index contributed by atoms with van der Waals surface area (Å²) in [6.45, 7) is 4.43. The van der Waals surface area contributed by atoms with E-state index in [1.54, 1.807) is 13.8 Å². The van der Waals surface area contributed by atoms with Gasteiger partial charge in [-0.15, -0.1) is 0 Å². The molecule has 2 heterocycles. The minimum absolute atomic E-state index is 0.183. The predicted octanol–water partition coefficient (Wildman–Crippen LogP) is -0.353. The highest BCUT2D eigenvalue weighted by Gasteiger charge is 2.26. The lowest BCUT2D eigenvalue weighted by atomic mass is 10.3. The molecule has 2 atom stereocenters. The predicted molar refractivity (Wildman–Crippen MR) is 82.5 cm³/mol. The number of carbonyl (C=O) groups excluding carboxylic acids is 4. The number of amides is 4. The van der Waals surface area contributed by atoms with Crippen molar-refractivity contribution in [3.63, 3.8) is 0 Å². The van der Waals surface area contributed by atoms with Crippen molar-refractivity contribution in [3.8, 4) is 0 Å². The molecule has 0 N–H and O–H groups in total. The maximum Gasteiger partial charge on any atom is 0.253 e. The number of rotatable bonds is 9. The SMILES string of the molecule is CC(CN1C(=O)C=CC1=O)OCCOC(C)CN1C(=O)C=CC1=O. The van der Waals surface area contributed by atoms with Gasteiger partial charge in [0.05, 0.1) is 38.5 Å². The fraction of sp³-hybridized carbons (Fsp3) is 0.500. The molecule has 4 amide bonds. The molecule has 0 aromatic carbocycles. The first-order valence-corrected chi connectivity index (χ1v) is 7.68. The summed E-state index contributed by atoms with van der Waals surface area (Å²) in [5, 5.41) is 0. The van der Waals surface area contributed by atoms with E-state index in [9.17, 15) is 19.2 Å². The summed E-state index contributed by atoms with van der Waals surface area (Å²) in [4.78, 5) is 48.0. The average Bonchev–Trinajstić information content (AvgIpc) is 3.01. The van der Waals surface area contributed by atoms with Crippen molar-refractivity contribution < 1.29 is 28.7 Å². The van der Waals surface area contributed by atoms with E-state index in [0.29, 0.717) is 0 Å². The van der Waals surface area contributed by atoms with Crippen molar-refractivity contribution in [2.45, 2.75) is 26.1 Å². The fourth-order valence-corrected chi connectivity index (χ4v) is 2.34. The normalized spacial score (nSPS) is 19.8. The van der Waals surface area contributed by atoms with Crippen LogP contribution in [0.25, 0.3) is 0 Å². The molecule has 130 valence electrons. The molecule has 0 saturated carbocycles. The van der Waals surface area contributed by atoms with E-state index in [-0.39, 0.29) is 62.1 Å². The quantitative estimate of drug-likeness (QED) is 0.422. The van der Waals surface area contributed by atoms with Gasteiger partial charge in [-0.1, -0.05) is 0 Å². The molecule has 0 spiro atoms. The van der Waals surface area contributed by atoms with Gasteiger partial charge in [0, 0.05) is 24.3 Å². The Balaban J connectivity index is 1.60. The van der Waals surface area contributed by atoms with E-state index < -0.39 is 0 Å². The van der Waals surface area contributed by atoms with Gasteiger partial charge in [-0.25, -0.2) is 0 Å². The van der Waals surface area contributed by atoms with Gasteiger partial charge in [0.25, 0.3) is 23.6 Å². The van der Waals surface area contributed by atoms with Crippen molar-refractivity contribution in [2.24, 2.45) is 0 Å². The van der Waals surface area contributed by atoms with Gasteiger partial charge in [0.15, 0.2) is 0 Å². The third-order valence-corrected chi connectivity index (χ3v) is 3.57. The Bertz CT molecular complexity index is 509. The lowest BCUT2D eigenvalue weighted by Crippen LogP contribution is -2.38. The molecule has 2 aliphatic heterocycles. The summed E-state index contributed by atoms with van der Waals surface area (Å²) in [5.41, 5.74) is 0. The molecule has 2 aliphatic rings. The molecule has 0 radical (unpaired) electrons. The molecule has 0 aliphatic carbocycles. The molecule has 2 rings (SSSR count). The molecule has 0 aromatic rings. The van der Waals surface area contributed by atoms with Crippen LogP contribution in [0.5, 0.6) is 0 Å². The molecule has 0 aromatic heterocycles. The smallest absolute Gasteiger partial charge is 0.253 e. The second kappa shape index (κ2) is 7.98. The first-order valence-electron chi connectivity index (χ1n) is 7.68. The zero-order valence-corrected chi connectivity index (χ0v) is 13.6. The van der Waals surface area contributed by atoms with E-state index in [1.807, 2.05) is 0 Å². The third-order valence-electron chi connectivity index (χ3n) is 3.57. The highest BCUT2D eigenvalue weighted by Crippen LogP contribution is 2.07. The summed E-state index contributed by atoms with van der Waals surface area (Å²) < 4.78 is 11.0. The van der Waals surface area contributed by atoms with Crippen LogP contribution < -0.4 is 0 Å². The molecule has 2 unspecified atom stereocenters. The molecule has 8 nitrogen and oxygen atoms in total. The second-order valence-electron chi connectivity index (χ2n) is 5.60. The Morgan fingerprint density at radius 2 is 1.00 bits per heavy atom. The lowest BCUT2D eigenvalue weighted by Gasteiger charge is -2.21. The Hall–Kier alpha value is -2.32. The van der Waals surface area contributed by atoms with Crippen molar-refractivity contribution in [1.29, 1.82) is 0 Å². The Kier molecular flexibility index (Phi) is 5.99. The molecule has 0 saturated heterocycles. The zero-order chi connectivity index (χ0) is 17.7. The van der Waals surface area contributed by atoms with Crippen LogP contribution in [0.3, 0.4) is 0 Å². The summed E-state index contributed by atoms with van der Waals surface area (Å²) >= 11 is 0. The van der Waals surface area contributed by atoms with Crippen molar-refractivity contribution in [3.05, 3.63) is 24.3 Å². The fourth-order valence-electron chi connectivity index (χ4n) is 2.34. The van der Waals surface area contributed by atoms with Crippen LogP contribution in [-0.4, -0.2) is 71.9 Å². The summed E-state index contributed by atoms with van der Waals surface area (Å²) in [6.07, 6.45) is 4.29. The minimum Gasteiger partial charge on any atom is -0.374 e. The van der Waals surface area contributed by atoms with Crippen molar-refractivity contribution in [2.75, 3.05) is 26.3 Å². The molecular formula is C16H20N2O6. The lowest BCUT2D eigenvalue weighted by molar-refractivity contribution is -0.141. The van der Waals surface area contributed by atoms with Crippen LogP contribution in [-0.2, 0) is 28.7 Å². The van der Waals surface area contributed by atoms with Crippen LogP contribution in [0, 0.1) is 0 Å². The molecule has 0 bridgehead atoms. The highest BCUT2D eigenvalue weighted by atomic mass is 16.5. The number of hydrogen-bond acceptors (Lipinski definition) is 6. The van der Waals surface area contributed by atoms with Gasteiger partial charge in [0.1, 0.15) is 0 Å². The first-order chi connectivity index (χ1) is 11.4. The van der Waals surface area contributed by atoms with Crippen LogP contribution >= 0.6 is 0 Å². The van der Waals surface area contributed by atoms with Crippen molar-refractivity contribution >= 4 is 23.6 Å². The number of imide groups is 2. The third kappa shape index (κ3) is 4.59. The second-order valence-corrected chi connectivity index (χ2v) is 5.60. The number of hydrogen-bond donors (Lipinski definition) is 0. The van der Waals surface area contributed by atoms with Crippen LogP contribution in [0.4, 0.5) is 0 Å². The van der Waals surface area contributed by atoms with Gasteiger partial charge >= 0.3 is 0 Å². The summed E-state index contributed by atoms with van der Waals surface area (Å²) in [6, 6.07) is 0.